The third-order valence-electron chi connectivity index (χ3n) is 9.41. The Balaban J connectivity index is 1.19. The van der Waals surface area contributed by atoms with Gasteiger partial charge in [-0.05, 0) is 137 Å². The van der Waals surface area contributed by atoms with E-state index in [9.17, 15) is 8.78 Å². The highest BCUT2D eigenvalue weighted by molar-refractivity contribution is 5.27. The summed E-state index contributed by atoms with van der Waals surface area (Å²) in [4.78, 5) is 0. The topological polar surface area (TPSA) is 9.23 Å². The predicted octanol–water partition coefficient (Wildman–Crippen LogP) is 11.3. The fourth-order valence-electron chi connectivity index (χ4n) is 6.84. The SMILES string of the molecule is CC=CCCC1CCC(c2ccc(COC(F)(F)Cc3ccc(C4CCC(CCC=CC)CC4)cc3)cc2)CC1. The molecule has 2 saturated carbocycles. The minimum absolute atomic E-state index is 0.0691. The van der Waals surface area contributed by atoms with E-state index in [1.165, 1.54) is 88.2 Å². The number of hydrogen-bond donors (Lipinski definition) is 0. The molecular formula is C37H50F2O. The first-order valence-electron chi connectivity index (χ1n) is 15.9. The molecule has 2 aliphatic carbocycles. The summed E-state index contributed by atoms with van der Waals surface area (Å²) in [5.74, 6) is 2.83. The van der Waals surface area contributed by atoms with Crippen LogP contribution in [0.5, 0.6) is 0 Å². The zero-order valence-corrected chi connectivity index (χ0v) is 24.8. The van der Waals surface area contributed by atoms with Gasteiger partial charge in [-0.1, -0.05) is 72.8 Å². The summed E-state index contributed by atoms with van der Waals surface area (Å²) >= 11 is 0. The van der Waals surface area contributed by atoms with Gasteiger partial charge in [0.2, 0.25) is 0 Å². The normalized spacial score (nSPS) is 24.2. The molecule has 0 radical (unpaired) electrons. The van der Waals surface area contributed by atoms with E-state index in [-0.39, 0.29) is 13.0 Å². The van der Waals surface area contributed by atoms with Crippen LogP contribution < -0.4 is 0 Å². The van der Waals surface area contributed by atoms with Gasteiger partial charge in [0.15, 0.2) is 0 Å². The zero-order valence-electron chi connectivity index (χ0n) is 24.8. The van der Waals surface area contributed by atoms with Crippen molar-refractivity contribution in [1.82, 2.24) is 0 Å². The monoisotopic (exact) mass is 548 g/mol. The van der Waals surface area contributed by atoms with E-state index in [1.807, 2.05) is 24.3 Å². The fraction of sp³-hybridized carbons (Fsp3) is 0.568. The third-order valence-corrected chi connectivity index (χ3v) is 9.41. The Kier molecular flexibility index (Phi) is 12.0. The Bertz CT molecular complexity index is 1040. The summed E-state index contributed by atoms with van der Waals surface area (Å²) in [7, 11) is 0. The van der Waals surface area contributed by atoms with Crippen molar-refractivity contribution < 1.29 is 13.5 Å². The second-order valence-corrected chi connectivity index (χ2v) is 12.3. The van der Waals surface area contributed by atoms with E-state index in [0.29, 0.717) is 17.4 Å². The van der Waals surface area contributed by atoms with E-state index >= 15 is 0 Å². The van der Waals surface area contributed by atoms with Crippen LogP contribution >= 0.6 is 0 Å². The third kappa shape index (κ3) is 9.68. The largest absolute Gasteiger partial charge is 0.360 e. The van der Waals surface area contributed by atoms with Crippen LogP contribution in [-0.2, 0) is 17.8 Å². The van der Waals surface area contributed by atoms with Crippen molar-refractivity contribution in [1.29, 1.82) is 0 Å². The molecule has 0 saturated heterocycles. The van der Waals surface area contributed by atoms with Gasteiger partial charge < -0.3 is 4.74 Å². The molecular weight excluding hydrogens is 498 g/mol. The predicted molar refractivity (Wildman–Crippen MR) is 164 cm³/mol. The lowest BCUT2D eigenvalue weighted by atomic mass is 9.77. The molecule has 0 atom stereocenters. The first-order valence-corrected chi connectivity index (χ1v) is 15.9. The van der Waals surface area contributed by atoms with Crippen LogP contribution in [0.4, 0.5) is 8.78 Å². The van der Waals surface area contributed by atoms with Crippen LogP contribution in [0, 0.1) is 11.8 Å². The molecule has 2 aromatic carbocycles. The highest BCUT2D eigenvalue weighted by atomic mass is 19.3. The van der Waals surface area contributed by atoms with Gasteiger partial charge in [-0.2, -0.15) is 8.78 Å². The average molecular weight is 549 g/mol. The lowest BCUT2D eigenvalue weighted by Crippen LogP contribution is -2.23. The number of halogens is 2. The molecule has 3 heteroatoms. The number of allylic oxidation sites excluding steroid dienone is 4. The van der Waals surface area contributed by atoms with Crippen LogP contribution in [0.25, 0.3) is 0 Å². The van der Waals surface area contributed by atoms with E-state index in [2.05, 4.69) is 62.4 Å². The zero-order chi connectivity index (χ0) is 28.2. The lowest BCUT2D eigenvalue weighted by molar-refractivity contribution is -0.244. The van der Waals surface area contributed by atoms with Gasteiger partial charge in [-0.3, -0.25) is 0 Å². The molecule has 0 unspecified atom stereocenters. The van der Waals surface area contributed by atoms with E-state index in [1.54, 1.807) is 0 Å². The Labute approximate surface area is 242 Å². The highest BCUT2D eigenvalue weighted by Gasteiger charge is 2.31. The van der Waals surface area contributed by atoms with Crippen molar-refractivity contribution in [2.75, 3.05) is 0 Å². The molecule has 0 aromatic heterocycles. The van der Waals surface area contributed by atoms with Crippen molar-refractivity contribution in [3.8, 4) is 0 Å². The van der Waals surface area contributed by atoms with Gasteiger partial charge in [0.1, 0.15) is 0 Å². The molecule has 1 nitrogen and oxygen atoms in total. The Morgan fingerprint density at radius 1 is 0.650 bits per heavy atom. The standard InChI is InChI=1S/C37H50F2O/c1-3-5-7-9-29-11-19-33(20-12-29)35-23-15-31(16-24-35)27-37(38,39)40-28-32-17-25-36(26-18-32)34-21-13-30(14-22-34)10-8-6-4-2/h3-6,15-18,23-26,29-30,33-34H,7-14,19-22,27-28H2,1-2H3. The molecule has 0 heterocycles. The van der Waals surface area contributed by atoms with E-state index < -0.39 is 6.11 Å². The summed E-state index contributed by atoms with van der Waals surface area (Å²) in [6, 6.07) is 16.0. The van der Waals surface area contributed by atoms with Gasteiger partial charge in [0.05, 0.1) is 13.0 Å². The molecule has 40 heavy (non-hydrogen) atoms. The molecule has 0 N–H and O–H groups in total. The highest BCUT2D eigenvalue weighted by Crippen LogP contribution is 2.39. The van der Waals surface area contributed by atoms with Gasteiger partial charge >= 0.3 is 6.11 Å². The van der Waals surface area contributed by atoms with E-state index in [4.69, 9.17) is 4.74 Å². The molecule has 0 bridgehead atoms. The number of benzene rings is 2. The first-order chi connectivity index (χ1) is 19.5. The smallest absolute Gasteiger partial charge is 0.315 e. The molecule has 0 aliphatic heterocycles. The van der Waals surface area contributed by atoms with Gasteiger partial charge in [-0.25, -0.2) is 0 Å². The quantitative estimate of drug-likeness (QED) is 0.226. The van der Waals surface area contributed by atoms with Crippen molar-refractivity contribution in [2.24, 2.45) is 11.8 Å². The van der Waals surface area contributed by atoms with Crippen molar-refractivity contribution in [2.45, 2.75) is 122 Å². The number of hydrogen-bond acceptors (Lipinski definition) is 1. The molecule has 218 valence electrons. The minimum atomic E-state index is -3.18. The van der Waals surface area contributed by atoms with Crippen molar-refractivity contribution >= 4 is 0 Å². The molecule has 0 amide bonds. The summed E-state index contributed by atoms with van der Waals surface area (Å²) in [6.45, 7) is 4.10. The lowest BCUT2D eigenvalue weighted by Gasteiger charge is -2.29. The van der Waals surface area contributed by atoms with Crippen LogP contribution in [0.15, 0.2) is 72.8 Å². The second kappa shape index (κ2) is 15.7. The Morgan fingerprint density at radius 2 is 1.07 bits per heavy atom. The maximum atomic E-state index is 14.7. The molecule has 0 spiro atoms. The van der Waals surface area contributed by atoms with Crippen LogP contribution in [0.3, 0.4) is 0 Å². The summed E-state index contributed by atoms with van der Waals surface area (Å²) in [6.07, 6.45) is 20.2. The van der Waals surface area contributed by atoms with Crippen molar-refractivity contribution in [3.05, 3.63) is 95.1 Å². The first kappa shape index (κ1) is 30.7. The summed E-state index contributed by atoms with van der Waals surface area (Å²) in [5.41, 5.74) is 4.07. The number of alkyl halides is 2. The van der Waals surface area contributed by atoms with Gasteiger partial charge in [0, 0.05) is 0 Å². The van der Waals surface area contributed by atoms with Crippen LogP contribution in [0.2, 0.25) is 0 Å². The van der Waals surface area contributed by atoms with Gasteiger partial charge in [-0.15, -0.1) is 0 Å². The Hall–Kier alpha value is -2.26. The number of ether oxygens (including phenoxy) is 1. The maximum absolute atomic E-state index is 14.7. The fourth-order valence-corrected chi connectivity index (χ4v) is 6.84. The number of rotatable bonds is 13. The molecule has 4 rings (SSSR count). The minimum Gasteiger partial charge on any atom is -0.315 e. The second-order valence-electron chi connectivity index (χ2n) is 12.3. The summed E-state index contributed by atoms with van der Waals surface area (Å²) in [5, 5.41) is 0. The van der Waals surface area contributed by atoms with Crippen LogP contribution in [-0.4, -0.2) is 6.11 Å². The Morgan fingerprint density at radius 3 is 1.50 bits per heavy atom. The summed E-state index contributed by atoms with van der Waals surface area (Å²) < 4.78 is 34.5. The molecule has 2 aromatic rings. The van der Waals surface area contributed by atoms with Gasteiger partial charge in [0.25, 0.3) is 0 Å². The maximum Gasteiger partial charge on any atom is 0.360 e. The van der Waals surface area contributed by atoms with Crippen LogP contribution in [0.1, 0.15) is 125 Å². The average Bonchev–Trinajstić information content (AvgIpc) is 2.98. The molecule has 2 fully saturated rings. The van der Waals surface area contributed by atoms with E-state index in [0.717, 1.165) is 17.4 Å². The molecule has 2 aliphatic rings. The van der Waals surface area contributed by atoms with Crippen molar-refractivity contribution in [3.63, 3.8) is 0 Å².